The first-order valence-corrected chi connectivity index (χ1v) is 7.19. The van der Waals surface area contributed by atoms with Gasteiger partial charge in [-0.15, -0.1) is 0 Å². The predicted molar refractivity (Wildman–Crippen MR) is 59.4 cm³/mol. The second-order valence-corrected chi connectivity index (χ2v) is 6.79. The summed E-state index contributed by atoms with van der Waals surface area (Å²) in [5, 5.41) is 0.873. The molecule has 3 aliphatic rings. The maximum absolute atomic E-state index is 5.87. The van der Waals surface area contributed by atoms with Gasteiger partial charge < -0.3 is 13.6 Å². The number of hydrogen-bond donors (Lipinski definition) is 0. The number of rotatable bonds is 2. The lowest BCUT2D eigenvalue weighted by molar-refractivity contribution is -0.0280. The first-order valence-electron chi connectivity index (χ1n) is 5.17. The average molecular weight is 227 g/mol. The molecule has 0 aromatic carbocycles. The van der Waals surface area contributed by atoms with Gasteiger partial charge in [0.1, 0.15) is 0 Å². The Morgan fingerprint density at radius 3 is 2.53 bits per heavy atom. The maximum Gasteiger partial charge on any atom is 0.398 e. The third kappa shape index (κ3) is 2.21. The van der Waals surface area contributed by atoms with Crippen molar-refractivity contribution in [2.24, 2.45) is 0 Å². The molecule has 3 fully saturated rings. The van der Waals surface area contributed by atoms with Gasteiger partial charge in [0.15, 0.2) is 0 Å². The van der Waals surface area contributed by atoms with Gasteiger partial charge in [-0.1, -0.05) is 19.2 Å². The number of hydrogen-bond acceptors (Lipinski definition) is 4. The van der Waals surface area contributed by atoms with Crippen LogP contribution in [-0.4, -0.2) is 52.7 Å². The molecule has 5 heteroatoms. The van der Waals surface area contributed by atoms with Crippen molar-refractivity contribution >= 4 is 8.56 Å². The smallest absolute Gasteiger partial charge is 0.388 e. The topological polar surface area (TPSA) is 30.9 Å². The van der Waals surface area contributed by atoms with Crippen molar-refractivity contribution < 1.29 is 13.6 Å². The number of allylic oxidation sites excluding steroid dienone is 2. The summed E-state index contributed by atoms with van der Waals surface area (Å²) < 4.78 is 17.3. The molecule has 3 saturated heterocycles. The van der Waals surface area contributed by atoms with Gasteiger partial charge in [0.05, 0.1) is 13.0 Å². The van der Waals surface area contributed by atoms with Gasteiger partial charge in [-0.05, 0) is 5.20 Å². The lowest BCUT2D eigenvalue weighted by atomic mass is 10.5. The second kappa shape index (κ2) is 4.59. The molecule has 3 heterocycles. The fourth-order valence-electron chi connectivity index (χ4n) is 1.79. The Kier molecular flexibility index (Phi) is 3.37. The van der Waals surface area contributed by atoms with Crippen molar-refractivity contribution in [3.05, 3.63) is 24.4 Å². The zero-order valence-corrected chi connectivity index (χ0v) is 9.91. The van der Waals surface area contributed by atoms with Crippen LogP contribution in [0, 0.1) is 0 Å². The molecule has 2 bridgehead atoms. The van der Waals surface area contributed by atoms with E-state index in [4.69, 9.17) is 13.6 Å². The summed E-state index contributed by atoms with van der Waals surface area (Å²) in [5.74, 6) is 0. The van der Waals surface area contributed by atoms with E-state index in [2.05, 4.69) is 18.1 Å². The number of ether oxygens (including phenoxy) is 1. The molecule has 0 aliphatic carbocycles. The van der Waals surface area contributed by atoms with Crippen LogP contribution in [0.3, 0.4) is 0 Å². The molecule has 4 nitrogen and oxygen atoms in total. The van der Waals surface area contributed by atoms with Crippen LogP contribution in [0.15, 0.2) is 24.4 Å². The third-order valence-corrected chi connectivity index (χ3v) is 5.89. The van der Waals surface area contributed by atoms with Gasteiger partial charge in [-0.2, -0.15) is 0 Å². The van der Waals surface area contributed by atoms with E-state index < -0.39 is 8.56 Å². The summed E-state index contributed by atoms with van der Waals surface area (Å²) in [6.07, 6.45) is 2.25. The van der Waals surface area contributed by atoms with E-state index in [1.54, 1.807) is 6.08 Å². The molecule has 0 N–H and O–H groups in total. The highest BCUT2D eigenvalue weighted by Crippen LogP contribution is 2.22. The lowest BCUT2D eigenvalue weighted by Crippen LogP contribution is -2.56. The quantitative estimate of drug-likeness (QED) is 0.510. The first-order chi connectivity index (χ1) is 7.27. The maximum atomic E-state index is 5.87. The molecule has 84 valence electrons. The Morgan fingerprint density at radius 2 is 1.93 bits per heavy atom. The largest absolute Gasteiger partial charge is 0.398 e. The summed E-state index contributed by atoms with van der Waals surface area (Å²) in [5.41, 5.74) is 0. The summed E-state index contributed by atoms with van der Waals surface area (Å²) in [6, 6.07) is 0. The minimum atomic E-state index is -2.39. The predicted octanol–water partition coefficient (Wildman–Crippen LogP) is 0.586. The molecular formula is C10H17NO3Si. The molecule has 0 atom stereocenters. The van der Waals surface area contributed by atoms with E-state index in [1.807, 2.05) is 0 Å². The van der Waals surface area contributed by atoms with Gasteiger partial charge >= 0.3 is 8.56 Å². The first kappa shape index (κ1) is 11.0. The molecule has 0 unspecified atom stereocenters. The highest BCUT2D eigenvalue weighted by Gasteiger charge is 2.43. The lowest BCUT2D eigenvalue weighted by Gasteiger charge is -2.38. The fraction of sp³-hybridized carbons (Fsp3) is 0.600. The molecule has 3 rings (SSSR count). The minimum absolute atomic E-state index is 0.522. The highest BCUT2D eigenvalue weighted by molar-refractivity contribution is 6.75. The Balaban J connectivity index is 2.19. The summed E-state index contributed by atoms with van der Waals surface area (Å²) in [7, 11) is -2.39. The van der Waals surface area contributed by atoms with Crippen molar-refractivity contribution in [3.63, 3.8) is 0 Å². The molecule has 0 aromatic heterocycles. The van der Waals surface area contributed by atoms with E-state index in [0.29, 0.717) is 26.2 Å². The molecule has 15 heavy (non-hydrogen) atoms. The van der Waals surface area contributed by atoms with E-state index in [-0.39, 0.29) is 0 Å². The van der Waals surface area contributed by atoms with E-state index in [9.17, 15) is 0 Å². The van der Waals surface area contributed by atoms with Crippen LogP contribution in [0.5, 0.6) is 0 Å². The minimum Gasteiger partial charge on any atom is -0.388 e. The molecule has 0 amide bonds. The summed E-state index contributed by atoms with van der Waals surface area (Å²) >= 11 is 0. The van der Waals surface area contributed by atoms with Gasteiger partial charge in [0.2, 0.25) is 0 Å². The fourth-order valence-corrected chi connectivity index (χ4v) is 4.11. The number of nitrogens with zero attached hydrogens (tertiary/aromatic N) is 1. The van der Waals surface area contributed by atoms with Crippen LogP contribution in [0.4, 0.5) is 0 Å². The summed E-state index contributed by atoms with van der Waals surface area (Å²) in [6.45, 7) is 11.6. The normalized spacial score (nSPS) is 36.4. The van der Waals surface area contributed by atoms with Crippen molar-refractivity contribution in [3.8, 4) is 0 Å². The molecule has 0 spiro atoms. The third-order valence-electron chi connectivity index (χ3n) is 2.79. The van der Waals surface area contributed by atoms with E-state index in [0.717, 1.165) is 18.3 Å². The van der Waals surface area contributed by atoms with Crippen molar-refractivity contribution in [2.75, 3.05) is 39.3 Å². The molecule has 0 saturated carbocycles. The van der Waals surface area contributed by atoms with E-state index in [1.165, 1.54) is 0 Å². The van der Waals surface area contributed by atoms with Gasteiger partial charge in [-0.3, -0.25) is 4.90 Å². The van der Waals surface area contributed by atoms with Crippen LogP contribution in [-0.2, 0) is 13.6 Å². The Labute approximate surface area is 91.4 Å². The van der Waals surface area contributed by atoms with Gasteiger partial charge in [0, 0.05) is 26.3 Å². The van der Waals surface area contributed by atoms with Gasteiger partial charge in [-0.25, -0.2) is 0 Å². The molecule has 0 aromatic rings. The van der Waals surface area contributed by atoms with E-state index >= 15 is 0 Å². The average Bonchev–Trinajstić information content (AvgIpc) is 2.14. The van der Waals surface area contributed by atoms with Crippen molar-refractivity contribution in [1.29, 1.82) is 0 Å². The highest BCUT2D eigenvalue weighted by atomic mass is 28.4. The monoisotopic (exact) mass is 227 g/mol. The van der Waals surface area contributed by atoms with Crippen molar-refractivity contribution in [2.45, 2.75) is 0 Å². The van der Waals surface area contributed by atoms with Crippen LogP contribution < -0.4 is 0 Å². The molecule has 3 aliphatic heterocycles. The Morgan fingerprint density at radius 1 is 1.27 bits per heavy atom. The SMILES string of the molecule is C=CC(=C)[Si]12COCN(CCO1)CCO2. The Bertz CT molecular complexity index is 243. The van der Waals surface area contributed by atoms with Crippen LogP contribution in [0.1, 0.15) is 0 Å². The van der Waals surface area contributed by atoms with Crippen LogP contribution in [0.2, 0.25) is 0 Å². The van der Waals surface area contributed by atoms with Crippen LogP contribution >= 0.6 is 0 Å². The molecular weight excluding hydrogens is 210 g/mol. The standard InChI is InChI=1S/C10H17NO3Si/c1-3-10(2)15-9-12-8-11(4-6-13-15)5-7-14-15/h3H,1-2,4-9H2. The van der Waals surface area contributed by atoms with Gasteiger partial charge in [0.25, 0.3) is 0 Å². The summed E-state index contributed by atoms with van der Waals surface area (Å²) in [4.78, 5) is 2.19. The number of fused-ring (bicyclic) bond motifs is 6. The second-order valence-electron chi connectivity index (χ2n) is 3.77. The molecule has 0 radical (unpaired) electrons. The van der Waals surface area contributed by atoms with Crippen LogP contribution in [0.25, 0.3) is 0 Å². The zero-order chi connectivity index (χ0) is 10.7. The zero-order valence-electron chi connectivity index (χ0n) is 8.91. The Hall–Kier alpha value is -0.463. The van der Waals surface area contributed by atoms with Crippen molar-refractivity contribution in [1.82, 2.24) is 4.90 Å².